The van der Waals surface area contributed by atoms with Crippen molar-refractivity contribution in [2.75, 3.05) is 5.73 Å². The van der Waals surface area contributed by atoms with Crippen LogP contribution in [0.2, 0.25) is 0 Å². The number of aryl methyl sites for hydroxylation is 2. The number of hydrogen-bond donors (Lipinski definition) is 2. The van der Waals surface area contributed by atoms with E-state index in [2.05, 4.69) is 18.3 Å². The van der Waals surface area contributed by atoms with Crippen LogP contribution in [0.15, 0.2) is 6.07 Å². The lowest BCUT2D eigenvalue weighted by Crippen LogP contribution is -2.32. The van der Waals surface area contributed by atoms with Crippen molar-refractivity contribution in [2.24, 2.45) is 0 Å². The van der Waals surface area contributed by atoms with Crippen molar-refractivity contribution in [3.05, 3.63) is 22.2 Å². The number of nitrogen functional groups attached to an aromatic ring is 1. The molecule has 2 aromatic heterocycles. The molecule has 2 heterocycles. The second kappa shape index (κ2) is 5.64. The Morgan fingerprint density at radius 3 is 3.10 bits per heavy atom. The highest BCUT2D eigenvalue weighted by atomic mass is 32.1. The molecule has 0 spiro atoms. The molecule has 1 amide bonds. The lowest BCUT2D eigenvalue weighted by Gasteiger charge is -2.11. The number of nitrogens with zero attached hydrogens (tertiary/aromatic N) is 1. The second-order valence-electron chi connectivity index (χ2n) is 5.81. The molecule has 0 aromatic carbocycles. The third-order valence-corrected chi connectivity index (χ3v) is 5.17. The number of anilines is 1. The molecule has 0 aliphatic heterocycles. The van der Waals surface area contributed by atoms with Crippen LogP contribution in [-0.4, -0.2) is 16.9 Å². The number of rotatable bonds is 4. The molecular weight excluding hydrogens is 282 g/mol. The number of carbonyl (C=O) groups excluding carboxylic acids is 1. The zero-order valence-electron chi connectivity index (χ0n) is 12.5. The molecule has 3 rings (SSSR count). The van der Waals surface area contributed by atoms with Crippen LogP contribution in [0.4, 0.5) is 5.69 Å². The van der Waals surface area contributed by atoms with Gasteiger partial charge in [-0.2, -0.15) is 0 Å². The minimum atomic E-state index is -0.0726. The molecule has 3 N–H and O–H groups in total. The Kier molecular flexibility index (Phi) is 3.85. The summed E-state index contributed by atoms with van der Waals surface area (Å²) in [6, 6.07) is 2.30. The highest BCUT2D eigenvalue weighted by molar-refractivity contribution is 7.21. The molecule has 5 heteroatoms. The fraction of sp³-hybridized carbons (Fsp3) is 0.500. The fourth-order valence-corrected chi connectivity index (χ4v) is 3.96. The Morgan fingerprint density at radius 1 is 1.52 bits per heavy atom. The van der Waals surface area contributed by atoms with Gasteiger partial charge in [0.1, 0.15) is 9.71 Å². The van der Waals surface area contributed by atoms with E-state index in [0.717, 1.165) is 35.9 Å². The normalized spacial score (nSPS) is 15.1. The molecule has 0 fully saturated rings. The molecule has 1 aliphatic rings. The largest absolute Gasteiger partial charge is 0.397 e. The number of pyridine rings is 1. The standard InChI is InChI=1S/C16H21N3OS/c1-3-5-9(2)18-15(20)14-13(17)11-8-10-6-4-7-12(10)19-16(11)21-14/h8-9H,3-7,17H2,1-2H3,(H,18,20). The van der Waals surface area contributed by atoms with E-state index in [1.165, 1.54) is 29.0 Å². The molecular formula is C16H21N3OS. The van der Waals surface area contributed by atoms with E-state index in [-0.39, 0.29) is 11.9 Å². The molecule has 4 nitrogen and oxygen atoms in total. The first-order valence-corrected chi connectivity index (χ1v) is 8.43. The van der Waals surface area contributed by atoms with Gasteiger partial charge in [0.05, 0.1) is 5.69 Å². The third-order valence-electron chi connectivity index (χ3n) is 4.05. The Hall–Kier alpha value is -1.62. The van der Waals surface area contributed by atoms with Gasteiger partial charge >= 0.3 is 0 Å². The number of aromatic nitrogens is 1. The number of thiophene rings is 1. The lowest BCUT2D eigenvalue weighted by molar-refractivity contribution is 0.0943. The van der Waals surface area contributed by atoms with E-state index in [1.54, 1.807) is 0 Å². The predicted molar refractivity (Wildman–Crippen MR) is 87.9 cm³/mol. The Balaban J connectivity index is 1.93. The Labute approximate surface area is 128 Å². The molecule has 0 bridgehead atoms. The quantitative estimate of drug-likeness (QED) is 0.910. The highest BCUT2D eigenvalue weighted by Crippen LogP contribution is 2.35. The van der Waals surface area contributed by atoms with Crippen LogP contribution >= 0.6 is 11.3 Å². The topological polar surface area (TPSA) is 68.0 Å². The maximum Gasteiger partial charge on any atom is 0.263 e. The molecule has 0 saturated heterocycles. The molecule has 0 saturated carbocycles. The van der Waals surface area contributed by atoms with E-state index in [0.29, 0.717) is 10.6 Å². The maximum atomic E-state index is 12.4. The smallest absolute Gasteiger partial charge is 0.263 e. The van der Waals surface area contributed by atoms with E-state index in [1.807, 2.05) is 6.92 Å². The van der Waals surface area contributed by atoms with Gasteiger partial charge in [-0.1, -0.05) is 13.3 Å². The Morgan fingerprint density at radius 2 is 2.33 bits per heavy atom. The molecule has 2 aromatic rings. The van der Waals surface area contributed by atoms with Gasteiger partial charge in [-0.3, -0.25) is 4.79 Å². The van der Waals surface area contributed by atoms with Crippen LogP contribution in [0.3, 0.4) is 0 Å². The molecule has 112 valence electrons. The number of carbonyl (C=O) groups is 1. The van der Waals surface area contributed by atoms with Crippen molar-refractivity contribution < 1.29 is 4.79 Å². The number of nitrogens with one attached hydrogen (secondary N) is 1. The predicted octanol–water partition coefficient (Wildman–Crippen LogP) is 3.29. The molecule has 1 atom stereocenters. The van der Waals surface area contributed by atoms with E-state index >= 15 is 0 Å². The lowest BCUT2D eigenvalue weighted by atomic mass is 10.1. The molecule has 1 unspecified atom stereocenters. The highest BCUT2D eigenvalue weighted by Gasteiger charge is 2.21. The van der Waals surface area contributed by atoms with Crippen molar-refractivity contribution in [2.45, 2.75) is 52.0 Å². The van der Waals surface area contributed by atoms with Crippen molar-refractivity contribution in [1.82, 2.24) is 10.3 Å². The molecule has 21 heavy (non-hydrogen) atoms. The van der Waals surface area contributed by atoms with Crippen LogP contribution in [0.5, 0.6) is 0 Å². The van der Waals surface area contributed by atoms with Gasteiger partial charge in [0, 0.05) is 17.1 Å². The van der Waals surface area contributed by atoms with Gasteiger partial charge in [0.2, 0.25) is 0 Å². The van der Waals surface area contributed by atoms with Crippen LogP contribution in [0, 0.1) is 0 Å². The number of fused-ring (bicyclic) bond motifs is 2. The average molecular weight is 303 g/mol. The van der Waals surface area contributed by atoms with Crippen LogP contribution < -0.4 is 11.1 Å². The monoisotopic (exact) mass is 303 g/mol. The summed E-state index contributed by atoms with van der Waals surface area (Å²) in [7, 11) is 0. The third kappa shape index (κ3) is 2.62. The van der Waals surface area contributed by atoms with Crippen molar-refractivity contribution in [3.63, 3.8) is 0 Å². The zero-order chi connectivity index (χ0) is 15.0. The summed E-state index contributed by atoms with van der Waals surface area (Å²) < 4.78 is 0. The summed E-state index contributed by atoms with van der Waals surface area (Å²) in [6.07, 6.45) is 5.31. The second-order valence-corrected chi connectivity index (χ2v) is 6.81. The first-order chi connectivity index (χ1) is 10.1. The van der Waals surface area contributed by atoms with Gasteiger partial charge in [0.15, 0.2) is 0 Å². The van der Waals surface area contributed by atoms with Gasteiger partial charge < -0.3 is 11.1 Å². The van der Waals surface area contributed by atoms with E-state index in [9.17, 15) is 4.79 Å². The fourth-order valence-electron chi connectivity index (χ4n) is 2.96. The van der Waals surface area contributed by atoms with Crippen LogP contribution in [0.25, 0.3) is 10.2 Å². The van der Waals surface area contributed by atoms with Gasteiger partial charge in [0.25, 0.3) is 5.91 Å². The summed E-state index contributed by atoms with van der Waals surface area (Å²) >= 11 is 1.41. The summed E-state index contributed by atoms with van der Waals surface area (Å²) in [5.74, 6) is -0.0726. The van der Waals surface area contributed by atoms with Crippen LogP contribution in [-0.2, 0) is 12.8 Å². The minimum absolute atomic E-state index is 0.0726. The summed E-state index contributed by atoms with van der Waals surface area (Å²) in [6.45, 7) is 4.14. The summed E-state index contributed by atoms with van der Waals surface area (Å²) in [5, 5.41) is 3.96. The minimum Gasteiger partial charge on any atom is -0.397 e. The van der Waals surface area contributed by atoms with E-state index in [4.69, 9.17) is 10.7 Å². The first kappa shape index (κ1) is 14.3. The van der Waals surface area contributed by atoms with Crippen LogP contribution in [0.1, 0.15) is 54.0 Å². The van der Waals surface area contributed by atoms with Gasteiger partial charge in [-0.25, -0.2) is 4.98 Å². The number of hydrogen-bond acceptors (Lipinski definition) is 4. The SMILES string of the molecule is CCCC(C)NC(=O)c1sc2nc3c(cc2c1N)CCC3. The summed E-state index contributed by atoms with van der Waals surface area (Å²) in [4.78, 5) is 18.6. The van der Waals surface area contributed by atoms with Gasteiger partial charge in [-0.05, 0) is 44.2 Å². The number of amides is 1. The van der Waals surface area contributed by atoms with E-state index < -0.39 is 0 Å². The molecule has 1 aliphatic carbocycles. The average Bonchev–Trinajstić information content (AvgIpc) is 3.01. The maximum absolute atomic E-state index is 12.4. The number of nitrogens with two attached hydrogens (primary N) is 1. The Bertz CT molecular complexity index is 692. The van der Waals surface area contributed by atoms with Crippen molar-refractivity contribution in [1.29, 1.82) is 0 Å². The van der Waals surface area contributed by atoms with Gasteiger partial charge in [-0.15, -0.1) is 11.3 Å². The van der Waals surface area contributed by atoms with Crippen molar-refractivity contribution >= 4 is 33.1 Å². The summed E-state index contributed by atoms with van der Waals surface area (Å²) in [5.41, 5.74) is 9.24. The molecule has 0 radical (unpaired) electrons. The first-order valence-electron chi connectivity index (χ1n) is 7.61. The zero-order valence-corrected chi connectivity index (χ0v) is 13.3. The van der Waals surface area contributed by atoms with Crippen molar-refractivity contribution in [3.8, 4) is 0 Å².